The van der Waals surface area contributed by atoms with E-state index in [4.69, 9.17) is 16.1 Å². The number of thioether (sulfide) groups is 1. The topological polar surface area (TPSA) is 56.0 Å². The number of nitrogens with zero attached hydrogens (tertiary/aromatic N) is 2. The van der Waals surface area contributed by atoms with Crippen molar-refractivity contribution in [3.05, 3.63) is 41.0 Å². The molecule has 1 aromatic carbocycles. The Morgan fingerprint density at radius 1 is 1.47 bits per heavy atom. The minimum atomic E-state index is 0.0951. The van der Waals surface area contributed by atoms with Gasteiger partial charge in [0.1, 0.15) is 5.78 Å². The van der Waals surface area contributed by atoms with Crippen molar-refractivity contribution in [1.82, 2.24) is 10.1 Å². The van der Waals surface area contributed by atoms with Crippen LogP contribution in [0.15, 0.2) is 33.7 Å². The van der Waals surface area contributed by atoms with E-state index in [9.17, 15) is 4.79 Å². The van der Waals surface area contributed by atoms with Gasteiger partial charge in [-0.2, -0.15) is 4.98 Å². The third kappa shape index (κ3) is 4.36. The molecule has 6 heteroatoms. The van der Waals surface area contributed by atoms with E-state index in [1.165, 1.54) is 0 Å². The number of benzene rings is 1. The second-order valence-electron chi connectivity index (χ2n) is 3.92. The van der Waals surface area contributed by atoms with E-state index < -0.39 is 0 Å². The maximum Gasteiger partial charge on any atom is 0.234 e. The first-order valence-electron chi connectivity index (χ1n) is 5.89. The Kier molecular flexibility index (Phi) is 4.99. The van der Waals surface area contributed by atoms with Crippen LogP contribution in [0.5, 0.6) is 0 Å². The predicted octanol–water partition coefficient (Wildman–Crippen LogP) is 3.54. The second-order valence-corrected chi connectivity index (χ2v) is 5.40. The number of carbonyl (C=O) groups excluding carboxylic acids is 1. The van der Waals surface area contributed by atoms with Gasteiger partial charge in [0, 0.05) is 16.3 Å². The molecule has 0 unspecified atom stereocenters. The van der Waals surface area contributed by atoms with Crippen molar-refractivity contribution in [2.24, 2.45) is 0 Å². The normalized spacial score (nSPS) is 10.6. The van der Waals surface area contributed by atoms with Crippen molar-refractivity contribution in [3.63, 3.8) is 0 Å². The zero-order chi connectivity index (χ0) is 13.7. The van der Waals surface area contributed by atoms with E-state index in [1.54, 1.807) is 11.8 Å². The fraction of sp³-hybridized carbons (Fsp3) is 0.308. The van der Waals surface area contributed by atoms with Gasteiger partial charge in [0.25, 0.3) is 0 Å². The average molecular weight is 297 g/mol. The number of hydrogen-bond donors (Lipinski definition) is 0. The van der Waals surface area contributed by atoms with Crippen molar-refractivity contribution in [2.75, 3.05) is 0 Å². The summed E-state index contributed by atoms with van der Waals surface area (Å²) in [6.07, 6.45) is 0.695. The quantitative estimate of drug-likeness (QED) is 0.763. The van der Waals surface area contributed by atoms with Crippen molar-refractivity contribution in [2.45, 2.75) is 30.4 Å². The Morgan fingerprint density at radius 2 is 2.32 bits per heavy atom. The summed E-state index contributed by atoms with van der Waals surface area (Å²) in [4.78, 5) is 16.5. The van der Waals surface area contributed by atoms with Gasteiger partial charge in [-0.3, -0.25) is 4.79 Å². The largest absolute Gasteiger partial charge is 0.339 e. The number of hydrogen-bond acceptors (Lipinski definition) is 5. The van der Waals surface area contributed by atoms with E-state index in [2.05, 4.69) is 10.1 Å². The van der Waals surface area contributed by atoms with Crippen LogP contribution in [0.3, 0.4) is 0 Å². The number of ketones is 1. The maximum absolute atomic E-state index is 11.3. The average Bonchev–Trinajstić information content (AvgIpc) is 2.84. The van der Waals surface area contributed by atoms with Crippen LogP contribution >= 0.6 is 23.4 Å². The lowest BCUT2D eigenvalue weighted by molar-refractivity contribution is -0.118. The molecule has 4 nitrogen and oxygen atoms in total. The molecule has 0 saturated carbocycles. The number of halogens is 1. The highest BCUT2D eigenvalue weighted by molar-refractivity contribution is 7.98. The molecule has 0 N–H and O–H groups in total. The molecule has 0 amide bonds. The van der Waals surface area contributed by atoms with Crippen LogP contribution in [-0.4, -0.2) is 15.9 Å². The zero-order valence-corrected chi connectivity index (χ0v) is 12.0. The van der Waals surface area contributed by atoms with Gasteiger partial charge in [-0.05, 0) is 18.2 Å². The number of aromatic nitrogens is 2. The second kappa shape index (κ2) is 6.73. The minimum absolute atomic E-state index is 0.0951. The standard InChI is InChI=1S/C13H13ClN2O2S/c1-2-10(17)7-13-15-12(16-18-13)8-19-11-5-3-4-9(14)6-11/h3-6H,2,7-8H2,1H3. The summed E-state index contributed by atoms with van der Waals surface area (Å²) in [7, 11) is 0. The molecular formula is C13H13ClN2O2S. The highest BCUT2D eigenvalue weighted by atomic mass is 35.5. The SMILES string of the molecule is CCC(=O)Cc1nc(CSc2cccc(Cl)c2)no1. The molecule has 0 bridgehead atoms. The zero-order valence-electron chi connectivity index (χ0n) is 10.4. The molecule has 100 valence electrons. The molecule has 0 atom stereocenters. The van der Waals surface area contributed by atoms with Crippen molar-refractivity contribution in [1.29, 1.82) is 0 Å². The lowest BCUT2D eigenvalue weighted by atomic mass is 10.2. The Balaban J connectivity index is 1.91. The van der Waals surface area contributed by atoms with Gasteiger partial charge in [-0.1, -0.05) is 29.7 Å². The van der Waals surface area contributed by atoms with Crippen LogP contribution in [0.2, 0.25) is 5.02 Å². The van der Waals surface area contributed by atoms with E-state index in [0.717, 1.165) is 4.90 Å². The Morgan fingerprint density at radius 3 is 3.05 bits per heavy atom. The van der Waals surface area contributed by atoms with Gasteiger partial charge < -0.3 is 4.52 Å². The summed E-state index contributed by atoms with van der Waals surface area (Å²) in [5.74, 6) is 1.65. The van der Waals surface area contributed by atoms with Crippen LogP contribution < -0.4 is 0 Å². The van der Waals surface area contributed by atoms with Gasteiger partial charge in [-0.15, -0.1) is 11.8 Å². The number of Topliss-reactive ketones (excluding diaryl/α,β-unsaturated/α-hetero) is 1. The van der Waals surface area contributed by atoms with E-state index >= 15 is 0 Å². The summed E-state index contributed by atoms with van der Waals surface area (Å²) < 4.78 is 5.03. The van der Waals surface area contributed by atoms with Crippen molar-refractivity contribution >= 4 is 29.1 Å². The third-order valence-electron chi connectivity index (χ3n) is 2.42. The highest BCUT2D eigenvalue weighted by Crippen LogP contribution is 2.24. The molecule has 0 radical (unpaired) electrons. The molecule has 2 aromatic rings. The first-order chi connectivity index (χ1) is 9.17. The Labute approximate surface area is 120 Å². The minimum Gasteiger partial charge on any atom is -0.339 e. The molecule has 0 fully saturated rings. The lowest BCUT2D eigenvalue weighted by Crippen LogP contribution is -2.00. The fourth-order valence-corrected chi connectivity index (χ4v) is 2.47. The Hall–Kier alpha value is -1.33. The molecule has 1 heterocycles. The van der Waals surface area contributed by atoms with Crippen molar-refractivity contribution in [3.8, 4) is 0 Å². The van der Waals surface area contributed by atoms with Crippen LogP contribution in [0.1, 0.15) is 25.1 Å². The summed E-state index contributed by atoms with van der Waals surface area (Å²) in [6.45, 7) is 1.81. The molecular weight excluding hydrogens is 284 g/mol. The Bertz CT molecular complexity index is 571. The summed E-state index contributed by atoms with van der Waals surface area (Å²) in [5.41, 5.74) is 0. The predicted molar refractivity (Wildman–Crippen MR) is 74.3 cm³/mol. The molecule has 2 rings (SSSR count). The fourth-order valence-electron chi connectivity index (χ4n) is 1.42. The summed E-state index contributed by atoms with van der Waals surface area (Å²) in [5, 5.41) is 4.55. The van der Waals surface area contributed by atoms with Gasteiger partial charge >= 0.3 is 0 Å². The highest BCUT2D eigenvalue weighted by Gasteiger charge is 2.10. The summed E-state index contributed by atoms with van der Waals surface area (Å²) >= 11 is 7.47. The first kappa shape index (κ1) is 14.1. The summed E-state index contributed by atoms with van der Waals surface area (Å²) in [6, 6.07) is 7.58. The number of rotatable bonds is 6. The number of carbonyl (C=O) groups is 1. The maximum atomic E-state index is 11.3. The van der Waals surface area contributed by atoms with Crippen molar-refractivity contribution < 1.29 is 9.32 Å². The smallest absolute Gasteiger partial charge is 0.234 e. The molecule has 0 aliphatic carbocycles. The van der Waals surface area contributed by atoms with Crippen LogP contribution in [0.25, 0.3) is 0 Å². The first-order valence-corrected chi connectivity index (χ1v) is 7.25. The van der Waals surface area contributed by atoms with E-state index in [0.29, 0.717) is 28.9 Å². The van der Waals surface area contributed by atoms with E-state index in [1.807, 2.05) is 31.2 Å². The third-order valence-corrected chi connectivity index (χ3v) is 3.64. The van der Waals surface area contributed by atoms with Gasteiger partial charge in [-0.25, -0.2) is 0 Å². The molecule has 0 aliphatic rings. The molecule has 0 saturated heterocycles. The molecule has 19 heavy (non-hydrogen) atoms. The van der Waals surface area contributed by atoms with Gasteiger partial charge in [0.15, 0.2) is 5.82 Å². The van der Waals surface area contributed by atoms with Crippen LogP contribution in [0.4, 0.5) is 0 Å². The molecule has 0 spiro atoms. The monoisotopic (exact) mass is 296 g/mol. The van der Waals surface area contributed by atoms with Crippen LogP contribution in [-0.2, 0) is 17.0 Å². The molecule has 1 aromatic heterocycles. The lowest BCUT2D eigenvalue weighted by Gasteiger charge is -1.98. The van der Waals surface area contributed by atoms with E-state index in [-0.39, 0.29) is 12.2 Å². The molecule has 0 aliphatic heterocycles. The van der Waals surface area contributed by atoms with Crippen LogP contribution in [0, 0.1) is 0 Å². The van der Waals surface area contributed by atoms with Gasteiger partial charge in [0.05, 0.1) is 12.2 Å². The van der Waals surface area contributed by atoms with Gasteiger partial charge in [0.2, 0.25) is 5.89 Å².